The van der Waals surface area contributed by atoms with E-state index in [0.717, 1.165) is 30.5 Å². The van der Waals surface area contributed by atoms with Gasteiger partial charge in [0.05, 0.1) is 0 Å². The molecule has 1 aliphatic heterocycles. The number of hydrogen-bond acceptors (Lipinski definition) is 5. The Balaban J connectivity index is 1.69. The Hall–Kier alpha value is -2.57. The number of carbonyl (C=O) groups is 3. The molecule has 1 aliphatic rings. The molecule has 0 saturated carbocycles. The highest BCUT2D eigenvalue weighted by Crippen LogP contribution is 2.12. The molecule has 1 N–H and O–H groups in total. The average Bonchev–Trinajstić information content (AvgIpc) is 2.83. The number of likely N-dealkylation sites (tertiary alicyclic amines) is 1. The summed E-state index contributed by atoms with van der Waals surface area (Å²) in [4.78, 5) is 39.0. The molecule has 7 heteroatoms. The molecule has 2 rings (SSSR count). The fourth-order valence-corrected chi connectivity index (χ4v) is 2.72. The Bertz CT molecular complexity index is 628. The van der Waals surface area contributed by atoms with E-state index in [4.69, 9.17) is 4.74 Å². The van der Waals surface area contributed by atoms with Gasteiger partial charge in [-0.15, -0.1) is 0 Å². The van der Waals surface area contributed by atoms with Crippen molar-refractivity contribution in [2.75, 3.05) is 38.7 Å². The van der Waals surface area contributed by atoms with Gasteiger partial charge in [0.25, 0.3) is 5.91 Å². The third-order valence-corrected chi connectivity index (χ3v) is 4.30. The summed E-state index contributed by atoms with van der Waals surface area (Å²) in [6.45, 7) is 0.520. The van der Waals surface area contributed by atoms with Crippen molar-refractivity contribution in [2.24, 2.45) is 0 Å². The van der Waals surface area contributed by atoms with E-state index in [-0.39, 0.29) is 25.0 Å². The first-order valence-electron chi connectivity index (χ1n) is 8.92. The van der Waals surface area contributed by atoms with Crippen LogP contribution < -0.4 is 10.2 Å². The van der Waals surface area contributed by atoms with E-state index in [2.05, 4.69) is 5.32 Å². The minimum atomic E-state index is -0.550. The van der Waals surface area contributed by atoms with Crippen molar-refractivity contribution in [3.05, 3.63) is 29.8 Å². The second-order valence-corrected chi connectivity index (χ2v) is 6.62. The molecule has 0 radical (unpaired) electrons. The molecular formula is C19H27N3O4. The van der Waals surface area contributed by atoms with Gasteiger partial charge in [-0.3, -0.25) is 14.4 Å². The molecule has 142 valence electrons. The third-order valence-electron chi connectivity index (χ3n) is 4.30. The topological polar surface area (TPSA) is 79.0 Å². The fourth-order valence-electron chi connectivity index (χ4n) is 2.72. The number of rotatable bonds is 7. The smallest absolute Gasteiger partial charge is 0.326 e. The normalized spacial score (nSPS) is 14.5. The van der Waals surface area contributed by atoms with Crippen LogP contribution >= 0.6 is 0 Å². The fraction of sp³-hybridized carbons (Fsp3) is 0.526. The van der Waals surface area contributed by atoms with Crippen LogP contribution in [0.4, 0.5) is 5.69 Å². The summed E-state index contributed by atoms with van der Waals surface area (Å²) >= 11 is 0. The summed E-state index contributed by atoms with van der Waals surface area (Å²) in [5.41, 5.74) is 2.04. The number of nitrogens with one attached hydrogen (secondary N) is 1. The van der Waals surface area contributed by atoms with Crippen molar-refractivity contribution in [1.82, 2.24) is 10.2 Å². The zero-order chi connectivity index (χ0) is 18.9. The summed E-state index contributed by atoms with van der Waals surface area (Å²) in [5.74, 6) is -0.937. The van der Waals surface area contributed by atoms with Gasteiger partial charge in [0.1, 0.15) is 6.54 Å². The second-order valence-electron chi connectivity index (χ2n) is 6.62. The van der Waals surface area contributed by atoms with Crippen LogP contribution in [0.3, 0.4) is 0 Å². The Labute approximate surface area is 154 Å². The van der Waals surface area contributed by atoms with Crippen LogP contribution in [0.15, 0.2) is 24.3 Å². The molecule has 1 fully saturated rings. The second kappa shape index (κ2) is 9.79. The van der Waals surface area contributed by atoms with E-state index >= 15 is 0 Å². The monoisotopic (exact) mass is 361 g/mol. The van der Waals surface area contributed by atoms with Gasteiger partial charge in [-0.1, -0.05) is 18.6 Å². The van der Waals surface area contributed by atoms with Gasteiger partial charge >= 0.3 is 5.97 Å². The van der Waals surface area contributed by atoms with Crippen LogP contribution in [0.5, 0.6) is 0 Å². The van der Waals surface area contributed by atoms with Crippen LogP contribution in [-0.2, 0) is 25.7 Å². The third kappa shape index (κ3) is 6.38. The highest BCUT2D eigenvalue weighted by Gasteiger charge is 2.20. The first-order valence-corrected chi connectivity index (χ1v) is 8.92. The molecule has 0 atom stereocenters. The van der Waals surface area contributed by atoms with Crippen molar-refractivity contribution in [1.29, 1.82) is 0 Å². The molecular weight excluding hydrogens is 334 g/mol. The summed E-state index contributed by atoms with van der Waals surface area (Å²) in [6.07, 6.45) is 3.23. The van der Waals surface area contributed by atoms with E-state index < -0.39 is 5.97 Å². The van der Waals surface area contributed by atoms with E-state index in [9.17, 15) is 14.4 Å². The highest BCUT2D eigenvalue weighted by molar-refractivity contribution is 5.84. The van der Waals surface area contributed by atoms with Crippen LogP contribution in [0, 0.1) is 0 Å². The van der Waals surface area contributed by atoms with Gasteiger partial charge in [0.2, 0.25) is 5.91 Å². The van der Waals surface area contributed by atoms with Crippen LogP contribution in [-0.4, -0.2) is 56.5 Å². The lowest BCUT2D eigenvalue weighted by Crippen LogP contribution is -2.37. The maximum absolute atomic E-state index is 11.8. The molecule has 26 heavy (non-hydrogen) atoms. The van der Waals surface area contributed by atoms with Crippen LogP contribution in [0.2, 0.25) is 0 Å². The summed E-state index contributed by atoms with van der Waals surface area (Å²) in [7, 11) is 3.93. The first kappa shape index (κ1) is 19.8. The molecule has 0 aliphatic carbocycles. The maximum Gasteiger partial charge on any atom is 0.326 e. The number of carbonyl (C=O) groups excluding carboxylic acids is 3. The SMILES string of the molecule is CN(C)c1ccc(CNC(=O)COC(=O)CN2CCCCCC2=O)cc1. The quantitative estimate of drug-likeness (QED) is 0.741. The Kier molecular flexibility index (Phi) is 7.44. The van der Waals surface area contributed by atoms with Crippen molar-refractivity contribution < 1.29 is 19.1 Å². The lowest BCUT2D eigenvalue weighted by molar-refractivity contribution is -0.152. The van der Waals surface area contributed by atoms with Crippen molar-refractivity contribution in [2.45, 2.75) is 32.2 Å². The van der Waals surface area contributed by atoms with Gasteiger partial charge in [-0.25, -0.2) is 0 Å². The van der Waals surface area contributed by atoms with E-state index in [1.54, 1.807) is 0 Å². The maximum atomic E-state index is 11.8. The van der Waals surface area contributed by atoms with E-state index in [1.807, 2.05) is 43.3 Å². The Morgan fingerprint density at radius 3 is 2.58 bits per heavy atom. The van der Waals surface area contributed by atoms with E-state index in [1.165, 1.54) is 4.90 Å². The number of amides is 2. The van der Waals surface area contributed by atoms with Crippen LogP contribution in [0.25, 0.3) is 0 Å². The minimum Gasteiger partial charge on any atom is -0.454 e. The molecule has 1 heterocycles. The summed E-state index contributed by atoms with van der Waals surface area (Å²) in [5, 5.41) is 2.72. The van der Waals surface area contributed by atoms with Crippen LogP contribution in [0.1, 0.15) is 31.2 Å². The summed E-state index contributed by atoms with van der Waals surface area (Å²) < 4.78 is 4.98. The number of anilines is 1. The van der Waals surface area contributed by atoms with Crippen molar-refractivity contribution >= 4 is 23.5 Å². The largest absolute Gasteiger partial charge is 0.454 e. The molecule has 7 nitrogen and oxygen atoms in total. The predicted octanol–water partition coefficient (Wildman–Crippen LogP) is 1.31. The van der Waals surface area contributed by atoms with E-state index in [0.29, 0.717) is 19.5 Å². The van der Waals surface area contributed by atoms with Crippen molar-refractivity contribution in [3.8, 4) is 0 Å². The predicted molar refractivity (Wildman–Crippen MR) is 98.6 cm³/mol. The zero-order valence-electron chi connectivity index (χ0n) is 15.5. The van der Waals surface area contributed by atoms with Gasteiger partial charge < -0.3 is 19.9 Å². The zero-order valence-corrected chi connectivity index (χ0v) is 15.5. The molecule has 0 unspecified atom stereocenters. The molecule has 1 aromatic rings. The van der Waals surface area contributed by atoms with Crippen molar-refractivity contribution in [3.63, 3.8) is 0 Å². The molecule has 0 aromatic heterocycles. The number of hydrogen-bond donors (Lipinski definition) is 1. The lowest BCUT2D eigenvalue weighted by atomic mass is 10.2. The van der Waals surface area contributed by atoms with Gasteiger partial charge in [0.15, 0.2) is 6.61 Å². The lowest BCUT2D eigenvalue weighted by Gasteiger charge is -2.19. The highest BCUT2D eigenvalue weighted by atomic mass is 16.5. The first-order chi connectivity index (χ1) is 12.5. The number of benzene rings is 1. The molecule has 1 saturated heterocycles. The molecule has 2 amide bonds. The Morgan fingerprint density at radius 1 is 1.15 bits per heavy atom. The van der Waals surface area contributed by atoms with Gasteiger partial charge in [-0.05, 0) is 30.5 Å². The number of esters is 1. The Morgan fingerprint density at radius 2 is 1.88 bits per heavy atom. The standard InChI is InChI=1S/C19H27N3O4/c1-21(2)16-9-7-15(8-10-16)12-20-17(23)14-26-19(25)13-22-11-5-3-4-6-18(22)24/h7-10H,3-6,11-14H2,1-2H3,(H,20,23). The summed E-state index contributed by atoms with van der Waals surface area (Å²) in [6, 6.07) is 7.82. The minimum absolute atomic E-state index is 0.0231. The van der Waals surface area contributed by atoms with Gasteiger partial charge in [0, 0.05) is 39.3 Å². The number of nitrogens with zero attached hydrogens (tertiary/aromatic N) is 2. The molecule has 0 bridgehead atoms. The molecule has 1 aromatic carbocycles. The average molecular weight is 361 g/mol. The number of ether oxygens (including phenoxy) is 1. The molecule has 0 spiro atoms. The van der Waals surface area contributed by atoms with Gasteiger partial charge in [-0.2, -0.15) is 0 Å².